The standard InChI is InChI=1S/C27H40N8O3S/c1-35(11-9-30-18-36)10-6-19-13-20(5-4-8-28)26(34-25(19)27(37-2)38-3)33-24-14-23(21(15-29)16-31-24)32-22-7-12-39-17-22/h13-14,16,18,22,27H,4-12,17,28H2,1-3H3,(H,30,36)(H2,31,32,33,34). The first-order chi connectivity index (χ1) is 19.0. The molecular weight excluding hydrogens is 516 g/mol. The Balaban J connectivity index is 1.92. The second-order valence-corrected chi connectivity index (χ2v) is 10.6. The maximum absolute atomic E-state index is 10.6. The molecule has 3 heterocycles. The van der Waals surface area contributed by atoms with Gasteiger partial charge in [0.25, 0.3) is 0 Å². The zero-order chi connectivity index (χ0) is 28.0. The first kappa shape index (κ1) is 30.6. The van der Waals surface area contributed by atoms with Gasteiger partial charge in [-0.25, -0.2) is 9.97 Å². The van der Waals surface area contributed by atoms with Gasteiger partial charge >= 0.3 is 0 Å². The summed E-state index contributed by atoms with van der Waals surface area (Å²) in [6.07, 6.45) is 4.99. The van der Waals surface area contributed by atoms with Gasteiger partial charge in [-0.05, 0) is 56.2 Å². The van der Waals surface area contributed by atoms with Crippen molar-refractivity contribution in [2.75, 3.05) is 69.6 Å². The molecule has 39 heavy (non-hydrogen) atoms. The van der Waals surface area contributed by atoms with E-state index in [0.717, 1.165) is 67.1 Å². The highest BCUT2D eigenvalue weighted by atomic mass is 32.2. The first-order valence-electron chi connectivity index (χ1n) is 13.2. The Labute approximate surface area is 235 Å². The Bertz CT molecular complexity index is 1100. The molecule has 212 valence electrons. The first-order valence-corrected chi connectivity index (χ1v) is 14.3. The smallest absolute Gasteiger partial charge is 0.207 e. The summed E-state index contributed by atoms with van der Waals surface area (Å²) in [5.74, 6) is 3.38. The van der Waals surface area contributed by atoms with Crippen LogP contribution in [0.25, 0.3) is 0 Å². The van der Waals surface area contributed by atoms with E-state index in [1.54, 1.807) is 20.4 Å². The Morgan fingerprint density at radius 1 is 1.28 bits per heavy atom. The minimum atomic E-state index is -0.642. The van der Waals surface area contributed by atoms with Gasteiger partial charge in [0, 0.05) is 57.9 Å². The van der Waals surface area contributed by atoms with Crippen LogP contribution in [0, 0.1) is 11.3 Å². The molecular formula is C27H40N8O3S. The molecule has 11 nitrogen and oxygen atoms in total. The van der Waals surface area contributed by atoms with Crippen LogP contribution in [-0.4, -0.2) is 86.3 Å². The largest absolute Gasteiger partial charge is 0.380 e. The lowest BCUT2D eigenvalue weighted by molar-refractivity contribution is -0.109. The number of ether oxygens (including phenoxy) is 2. The second kappa shape index (κ2) is 16.2. The number of rotatable bonds is 17. The minimum absolute atomic E-state index is 0.331. The third kappa shape index (κ3) is 9.05. The SMILES string of the molecule is COC(OC)c1nc(Nc2cc(NC3CCSC3)c(C#N)cn2)c(CCCN)cc1CCN(C)CCNC=O. The van der Waals surface area contributed by atoms with Crippen LogP contribution in [0.4, 0.5) is 17.3 Å². The van der Waals surface area contributed by atoms with Gasteiger partial charge in [-0.1, -0.05) is 6.07 Å². The average Bonchev–Trinajstić information content (AvgIpc) is 3.46. The number of nitrogens with two attached hydrogens (primary N) is 1. The number of nitriles is 1. The molecule has 1 unspecified atom stereocenters. The highest BCUT2D eigenvalue weighted by Gasteiger charge is 2.21. The number of carbonyl (C=O) groups excluding carboxylic acids is 1. The third-order valence-corrected chi connectivity index (χ3v) is 7.72. The fourth-order valence-corrected chi connectivity index (χ4v) is 5.54. The van der Waals surface area contributed by atoms with Crippen LogP contribution >= 0.6 is 11.8 Å². The molecule has 1 atom stereocenters. The number of aromatic nitrogens is 2. The summed E-state index contributed by atoms with van der Waals surface area (Å²) < 4.78 is 11.2. The maximum Gasteiger partial charge on any atom is 0.207 e. The minimum Gasteiger partial charge on any atom is -0.380 e. The molecule has 12 heteroatoms. The molecule has 1 amide bonds. The van der Waals surface area contributed by atoms with Crippen LogP contribution in [0.3, 0.4) is 0 Å². The molecule has 1 fully saturated rings. The zero-order valence-electron chi connectivity index (χ0n) is 23.0. The average molecular weight is 557 g/mol. The Morgan fingerprint density at radius 2 is 2.10 bits per heavy atom. The fraction of sp³-hybridized carbons (Fsp3) is 0.556. The molecule has 0 bridgehead atoms. The van der Waals surface area contributed by atoms with Crippen LogP contribution in [0.1, 0.15) is 41.5 Å². The number of methoxy groups -OCH3 is 2. The Hall–Kier alpha value is -2.95. The van der Waals surface area contributed by atoms with E-state index in [1.165, 1.54) is 0 Å². The van der Waals surface area contributed by atoms with E-state index in [4.69, 9.17) is 20.2 Å². The number of anilines is 3. The summed E-state index contributed by atoms with van der Waals surface area (Å²) in [7, 11) is 5.20. The van der Waals surface area contributed by atoms with Crippen molar-refractivity contribution in [3.63, 3.8) is 0 Å². The van der Waals surface area contributed by atoms with Crippen LogP contribution < -0.4 is 21.7 Å². The molecule has 1 aliphatic heterocycles. The molecule has 0 radical (unpaired) electrons. The van der Waals surface area contributed by atoms with E-state index in [-0.39, 0.29) is 0 Å². The van der Waals surface area contributed by atoms with Crippen molar-refractivity contribution in [3.8, 4) is 6.07 Å². The molecule has 1 saturated heterocycles. The monoisotopic (exact) mass is 556 g/mol. The number of amides is 1. The summed E-state index contributed by atoms with van der Waals surface area (Å²) >= 11 is 1.91. The van der Waals surface area contributed by atoms with Gasteiger partial charge in [-0.3, -0.25) is 4.79 Å². The molecule has 5 N–H and O–H groups in total. The molecule has 0 aliphatic carbocycles. The summed E-state index contributed by atoms with van der Waals surface area (Å²) in [5, 5.41) is 19.2. The second-order valence-electron chi connectivity index (χ2n) is 9.42. The molecule has 0 spiro atoms. The number of likely N-dealkylation sites (N-methyl/N-ethyl adjacent to an activating group) is 1. The van der Waals surface area contributed by atoms with Crippen molar-refractivity contribution in [1.29, 1.82) is 5.26 Å². The number of carbonyl (C=O) groups is 1. The topological polar surface area (TPSA) is 150 Å². The molecule has 2 aromatic rings. The highest BCUT2D eigenvalue weighted by molar-refractivity contribution is 7.99. The van der Waals surface area contributed by atoms with E-state index in [2.05, 4.69) is 38.0 Å². The summed E-state index contributed by atoms with van der Waals surface area (Å²) in [4.78, 5) is 22.2. The van der Waals surface area contributed by atoms with Crippen LogP contribution in [0.5, 0.6) is 0 Å². The lowest BCUT2D eigenvalue weighted by Crippen LogP contribution is -2.30. The van der Waals surface area contributed by atoms with Crippen LogP contribution in [0.2, 0.25) is 0 Å². The van der Waals surface area contributed by atoms with Crippen molar-refractivity contribution >= 4 is 35.5 Å². The lowest BCUT2D eigenvalue weighted by atomic mass is 10.0. The summed E-state index contributed by atoms with van der Waals surface area (Å²) in [5.41, 5.74) is 9.85. The predicted molar refractivity (Wildman–Crippen MR) is 155 cm³/mol. The van der Waals surface area contributed by atoms with Crippen molar-refractivity contribution < 1.29 is 14.3 Å². The normalized spacial score (nSPS) is 14.9. The number of aryl methyl sites for hydroxylation is 1. The van der Waals surface area contributed by atoms with E-state index in [0.29, 0.717) is 48.4 Å². The van der Waals surface area contributed by atoms with Gasteiger partial charge in [0.1, 0.15) is 23.4 Å². The van der Waals surface area contributed by atoms with Gasteiger partial charge in [-0.15, -0.1) is 0 Å². The zero-order valence-corrected chi connectivity index (χ0v) is 23.9. The predicted octanol–water partition coefficient (Wildman–Crippen LogP) is 2.41. The van der Waals surface area contributed by atoms with E-state index in [1.807, 2.05) is 24.9 Å². The van der Waals surface area contributed by atoms with E-state index in [9.17, 15) is 10.1 Å². The fourth-order valence-electron chi connectivity index (χ4n) is 4.39. The van der Waals surface area contributed by atoms with Crippen LogP contribution in [-0.2, 0) is 27.1 Å². The number of hydrogen-bond acceptors (Lipinski definition) is 11. The quantitative estimate of drug-likeness (QED) is 0.129. The highest BCUT2D eigenvalue weighted by Crippen LogP contribution is 2.30. The number of nitrogens with one attached hydrogen (secondary N) is 3. The van der Waals surface area contributed by atoms with E-state index >= 15 is 0 Å². The number of thioether (sulfide) groups is 1. The van der Waals surface area contributed by atoms with E-state index < -0.39 is 6.29 Å². The molecule has 2 aromatic heterocycles. The summed E-state index contributed by atoms with van der Waals surface area (Å²) in [6, 6.07) is 6.58. The molecule has 0 saturated carbocycles. The number of hydrogen-bond donors (Lipinski definition) is 4. The Morgan fingerprint density at radius 3 is 2.77 bits per heavy atom. The molecule has 0 aromatic carbocycles. The lowest BCUT2D eigenvalue weighted by Gasteiger charge is -2.23. The molecule has 1 aliphatic rings. The van der Waals surface area contributed by atoms with Crippen molar-refractivity contribution in [2.45, 2.75) is 38.0 Å². The Kier molecular flexibility index (Phi) is 12.7. The van der Waals surface area contributed by atoms with Gasteiger partial charge in [0.2, 0.25) is 12.7 Å². The van der Waals surface area contributed by atoms with Crippen LogP contribution in [0.15, 0.2) is 18.3 Å². The molecule has 3 rings (SSSR count). The third-order valence-electron chi connectivity index (χ3n) is 6.56. The van der Waals surface area contributed by atoms with Gasteiger partial charge in [0.05, 0.1) is 11.3 Å². The van der Waals surface area contributed by atoms with Gasteiger partial charge in [0.15, 0.2) is 0 Å². The van der Waals surface area contributed by atoms with Crippen molar-refractivity contribution in [2.24, 2.45) is 5.73 Å². The van der Waals surface area contributed by atoms with Crippen molar-refractivity contribution in [1.82, 2.24) is 20.2 Å². The summed E-state index contributed by atoms with van der Waals surface area (Å²) in [6.45, 7) is 2.65. The van der Waals surface area contributed by atoms with Crippen molar-refractivity contribution in [3.05, 3.63) is 40.7 Å². The van der Waals surface area contributed by atoms with Gasteiger partial charge in [-0.2, -0.15) is 17.0 Å². The maximum atomic E-state index is 10.6. The van der Waals surface area contributed by atoms with Gasteiger partial charge < -0.3 is 36.1 Å². The number of nitrogens with zero attached hydrogens (tertiary/aromatic N) is 4. The number of pyridine rings is 2.